The lowest BCUT2D eigenvalue weighted by Gasteiger charge is -2.15. The molecule has 3 N–H and O–H groups in total. The van der Waals surface area contributed by atoms with Crippen molar-refractivity contribution in [2.75, 3.05) is 0 Å². The van der Waals surface area contributed by atoms with E-state index in [1.54, 1.807) is 0 Å². The van der Waals surface area contributed by atoms with Gasteiger partial charge in [0.05, 0.1) is 12.3 Å². The van der Waals surface area contributed by atoms with Crippen molar-refractivity contribution >= 4 is 0 Å². The SMILES string of the molecule is Cc1c(CO)cnc(CN)c1OC(F)(F)F. The van der Waals surface area contributed by atoms with Crippen LogP contribution in [0, 0.1) is 6.92 Å². The minimum atomic E-state index is -4.80. The second-order valence-corrected chi connectivity index (χ2v) is 3.09. The van der Waals surface area contributed by atoms with E-state index in [9.17, 15) is 13.2 Å². The van der Waals surface area contributed by atoms with Gasteiger partial charge in [-0.3, -0.25) is 4.98 Å². The van der Waals surface area contributed by atoms with Gasteiger partial charge in [0.15, 0.2) is 5.75 Å². The molecule has 1 heterocycles. The first-order chi connectivity index (χ1) is 7.39. The topological polar surface area (TPSA) is 68.4 Å². The first kappa shape index (κ1) is 12.7. The molecule has 0 spiro atoms. The van der Waals surface area contributed by atoms with Crippen molar-refractivity contribution in [3.8, 4) is 5.75 Å². The van der Waals surface area contributed by atoms with E-state index in [4.69, 9.17) is 10.8 Å². The van der Waals surface area contributed by atoms with Crippen molar-refractivity contribution in [2.24, 2.45) is 5.73 Å². The molecule has 1 aromatic rings. The molecule has 1 rings (SSSR count). The Morgan fingerprint density at radius 3 is 2.56 bits per heavy atom. The van der Waals surface area contributed by atoms with Gasteiger partial charge in [0.25, 0.3) is 0 Å². The standard InChI is InChI=1S/C9H11F3N2O2/c1-5-6(4-15)3-14-7(2-13)8(5)16-9(10,11)12/h3,15H,2,4,13H2,1H3. The van der Waals surface area contributed by atoms with Crippen LogP contribution < -0.4 is 10.5 Å². The molecule has 0 atom stereocenters. The van der Waals surface area contributed by atoms with E-state index in [2.05, 4.69) is 9.72 Å². The molecule has 4 nitrogen and oxygen atoms in total. The largest absolute Gasteiger partial charge is 0.573 e. The summed E-state index contributed by atoms with van der Waals surface area (Å²) in [6.07, 6.45) is -3.52. The van der Waals surface area contributed by atoms with Crippen LogP contribution in [0.2, 0.25) is 0 Å². The van der Waals surface area contributed by atoms with Gasteiger partial charge < -0.3 is 15.6 Å². The maximum atomic E-state index is 12.1. The Morgan fingerprint density at radius 1 is 1.50 bits per heavy atom. The van der Waals surface area contributed by atoms with E-state index in [-0.39, 0.29) is 23.4 Å². The van der Waals surface area contributed by atoms with Crippen LogP contribution in [0.5, 0.6) is 5.75 Å². The number of rotatable bonds is 3. The summed E-state index contributed by atoms with van der Waals surface area (Å²) in [5.74, 6) is -0.429. The summed E-state index contributed by atoms with van der Waals surface area (Å²) in [5, 5.41) is 8.90. The molecule has 0 unspecified atom stereocenters. The van der Waals surface area contributed by atoms with Gasteiger partial charge in [-0.1, -0.05) is 0 Å². The Hall–Kier alpha value is -1.34. The van der Waals surface area contributed by atoms with Crippen molar-refractivity contribution in [2.45, 2.75) is 26.4 Å². The third-order valence-electron chi connectivity index (χ3n) is 2.04. The highest BCUT2D eigenvalue weighted by atomic mass is 19.4. The van der Waals surface area contributed by atoms with E-state index in [1.807, 2.05) is 0 Å². The average Bonchev–Trinajstić information content (AvgIpc) is 2.19. The van der Waals surface area contributed by atoms with E-state index in [0.29, 0.717) is 0 Å². The Bertz CT molecular complexity index is 380. The van der Waals surface area contributed by atoms with Gasteiger partial charge in [-0.05, 0) is 6.92 Å². The summed E-state index contributed by atoms with van der Waals surface area (Å²) >= 11 is 0. The molecule has 0 aliphatic rings. The summed E-state index contributed by atoms with van der Waals surface area (Å²) in [4.78, 5) is 3.70. The number of aromatic nitrogens is 1. The summed E-state index contributed by atoms with van der Waals surface area (Å²) in [6.45, 7) is 0.837. The molecule has 0 radical (unpaired) electrons. The van der Waals surface area contributed by atoms with Gasteiger partial charge in [0, 0.05) is 23.9 Å². The van der Waals surface area contributed by atoms with Crippen LogP contribution in [-0.2, 0) is 13.2 Å². The molecule has 0 amide bonds. The van der Waals surface area contributed by atoms with E-state index < -0.39 is 18.7 Å². The van der Waals surface area contributed by atoms with Crippen LogP contribution >= 0.6 is 0 Å². The Labute approximate surface area is 89.9 Å². The molecule has 7 heteroatoms. The Kier molecular flexibility index (Phi) is 3.71. The van der Waals surface area contributed by atoms with Crippen LogP contribution in [0.3, 0.4) is 0 Å². The normalized spacial score (nSPS) is 11.6. The predicted octanol–water partition coefficient (Wildman–Crippen LogP) is 1.24. The summed E-state index contributed by atoms with van der Waals surface area (Å²) in [6, 6.07) is 0. The molecular weight excluding hydrogens is 225 g/mol. The number of pyridine rings is 1. The molecule has 0 saturated carbocycles. The second-order valence-electron chi connectivity index (χ2n) is 3.09. The number of nitrogens with zero attached hydrogens (tertiary/aromatic N) is 1. The maximum absolute atomic E-state index is 12.1. The molecule has 0 fully saturated rings. The number of halogens is 3. The number of hydrogen-bond acceptors (Lipinski definition) is 4. The van der Waals surface area contributed by atoms with E-state index in [1.165, 1.54) is 13.1 Å². The highest BCUT2D eigenvalue weighted by Gasteiger charge is 2.33. The number of nitrogens with two attached hydrogens (primary N) is 1. The van der Waals surface area contributed by atoms with Crippen LogP contribution in [0.1, 0.15) is 16.8 Å². The van der Waals surface area contributed by atoms with Crippen LogP contribution in [0.25, 0.3) is 0 Å². The fraction of sp³-hybridized carbons (Fsp3) is 0.444. The summed E-state index contributed by atoms with van der Waals surface area (Å²) < 4.78 is 40.2. The van der Waals surface area contributed by atoms with Crippen molar-refractivity contribution in [3.05, 3.63) is 23.0 Å². The molecule has 1 aromatic heterocycles. The zero-order valence-electron chi connectivity index (χ0n) is 8.51. The first-order valence-electron chi connectivity index (χ1n) is 4.43. The second kappa shape index (κ2) is 4.67. The zero-order chi connectivity index (χ0) is 12.3. The third kappa shape index (κ3) is 2.83. The Balaban J connectivity index is 3.21. The van der Waals surface area contributed by atoms with Gasteiger partial charge in [-0.15, -0.1) is 13.2 Å². The Morgan fingerprint density at radius 2 is 2.12 bits per heavy atom. The highest BCUT2D eigenvalue weighted by Crippen LogP contribution is 2.30. The molecule has 16 heavy (non-hydrogen) atoms. The lowest BCUT2D eigenvalue weighted by Crippen LogP contribution is -2.20. The minimum Gasteiger partial charge on any atom is -0.403 e. The highest BCUT2D eigenvalue weighted by molar-refractivity contribution is 5.41. The molecule has 0 aliphatic carbocycles. The van der Waals surface area contributed by atoms with Crippen LogP contribution in [0.4, 0.5) is 13.2 Å². The average molecular weight is 236 g/mol. The smallest absolute Gasteiger partial charge is 0.403 e. The maximum Gasteiger partial charge on any atom is 0.573 e. The minimum absolute atomic E-state index is 0.00650. The third-order valence-corrected chi connectivity index (χ3v) is 2.04. The lowest BCUT2D eigenvalue weighted by atomic mass is 10.1. The molecule has 0 aliphatic heterocycles. The van der Waals surface area contributed by atoms with Crippen LogP contribution in [0.15, 0.2) is 6.20 Å². The predicted molar refractivity (Wildman–Crippen MR) is 49.5 cm³/mol. The van der Waals surface area contributed by atoms with E-state index >= 15 is 0 Å². The number of ether oxygens (including phenoxy) is 1. The van der Waals surface area contributed by atoms with Gasteiger partial charge in [0.2, 0.25) is 0 Å². The number of aliphatic hydroxyl groups excluding tert-OH is 1. The number of hydrogen-bond donors (Lipinski definition) is 2. The first-order valence-corrected chi connectivity index (χ1v) is 4.43. The van der Waals surface area contributed by atoms with Gasteiger partial charge in [-0.2, -0.15) is 0 Å². The van der Waals surface area contributed by atoms with Crippen LogP contribution in [-0.4, -0.2) is 16.5 Å². The quantitative estimate of drug-likeness (QED) is 0.828. The summed E-state index contributed by atoms with van der Waals surface area (Å²) in [7, 11) is 0. The van der Waals surface area contributed by atoms with Gasteiger partial charge >= 0.3 is 6.36 Å². The van der Waals surface area contributed by atoms with Crippen molar-refractivity contribution in [1.82, 2.24) is 4.98 Å². The lowest BCUT2D eigenvalue weighted by molar-refractivity contribution is -0.275. The molecule has 0 bridgehead atoms. The number of aliphatic hydroxyl groups is 1. The summed E-state index contributed by atoms with van der Waals surface area (Å²) in [5.41, 5.74) is 5.73. The zero-order valence-corrected chi connectivity index (χ0v) is 8.51. The van der Waals surface area contributed by atoms with Crippen molar-refractivity contribution in [1.29, 1.82) is 0 Å². The fourth-order valence-electron chi connectivity index (χ4n) is 1.23. The molecular formula is C9H11F3N2O2. The van der Waals surface area contributed by atoms with Gasteiger partial charge in [0.1, 0.15) is 0 Å². The van der Waals surface area contributed by atoms with Gasteiger partial charge in [-0.25, -0.2) is 0 Å². The molecule has 0 aromatic carbocycles. The monoisotopic (exact) mass is 236 g/mol. The number of alkyl halides is 3. The van der Waals surface area contributed by atoms with Crippen molar-refractivity contribution in [3.63, 3.8) is 0 Å². The van der Waals surface area contributed by atoms with Crippen molar-refractivity contribution < 1.29 is 23.0 Å². The molecule has 90 valence electrons. The molecule has 0 saturated heterocycles. The fourth-order valence-corrected chi connectivity index (χ4v) is 1.23. The van der Waals surface area contributed by atoms with E-state index in [0.717, 1.165) is 0 Å².